The third kappa shape index (κ3) is 3.80. The van der Waals surface area contributed by atoms with Crippen molar-refractivity contribution >= 4 is 5.91 Å². The Morgan fingerprint density at radius 1 is 1.36 bits per heavy atom. The average Bonchev–Trinajstić information content (AvgIpc) is 3.16. The lowest BCUT2D eigenvalue weighted by atomic mass is 9.85. The van der Waals surface area contributed by atoms with Crippen molar-refractivity contribution in [3.63, 3.8) is 0 Å². The van der Waals surface area contributed by atoms with Crippen LogP contribution in [0.4, 0.5) is 0 Å². The van der Waals surface area contributed by atoms with Crippen LogP contribution in [0.15, 0.2) is 12.1 Å². The molecule has 138 valence electrons. The second-order valence-corrected chi connectivity index (χ2v) is 7.10. The SMILES string of the molecule is CCC(N)c1nc(OC)ccc1[C@@H]1CNCC1C(=O)N1CCCCC1. The van der Waals surface area contributed by atoms with Crippen LogP contribution < -0.4 is 15.8 Å². The Morgan fingerprint density at radius 2 is 2.12 bits per heavy atom. The van der Waals surface area contributed by atoms with Gasteiger partial charge in [-0.05, 0) is 31.2 Å². The van der Waals surface area contributed by atoms with Gasteiger partial charge in [0.2, 0.25) is 11.8 Å². The van der Waals surface area contributed by atoms with Crippen molar-refractivity contribution in [2.45, 2.75) is 44.6 Å². The fourth-order valence-electron chi connectivity index (χ4n) is 4.00. The number of nitrogens with two attached hydrogens (primary N) is 1. The highest BCUT2D eigenvalue weighted by Crippen LogP contribution is 2.35. The van der Waals surface area contributed by atoms with Gasteiger partial charge in [-0.15, -0.1) is 0 Å². The average molecular weight is 346 g/mol. The van der Waals surface area contributed by atoms with Gasteiger partial charge in [0.1, 0.15) is 0 Å². The first-order chi connectivity index (χ1) is 12.2. The number of methoxy groups -OCH3 is 1. The quantitative estimate of drug-likeness (QED) is 0.850. The van der Waals surface area contributed by atoms with Crippen molar-refractivity contribution in [3.8, 4) is 5.88 Å². The molecule has 3 rings (SSSR count). The Kier molecular flexibility index (Phi) is 5.91. The Hall–Kier alpha value is -1.66. The number of aromatic nitrogens is 1. The van der Waals surface area contributed by atoms with Crippen LogP contribution in [0.5, 0.6) is 5.88 Å². The maximum Gasteiger partial charge on any atom is 0.227 e. The van der Waals surface area contributed by atoms with Gasteiger partial charge in [0.05, 0.1) is 18.7 Å². The maximum absolute atomic E-state index is 13.1. The minimum atomic E-state index is -0.142. The monoisotopic (exact) mass is 346 g/mol. The van der Waals surface area contributed by atoms with Gasteiger partial charge in [0, 0.05) is 44.2 Å². The number of pyridine rings is 1. The fraction of sp³-hybridized carbons (Fsp3) is 0.684. The molecule has 0 bridgehead atoms. The highest BCUT2D eigenvalue weighted by Gasteiger charge is 2.38. The van der Waals surface area contributed by atoms with Crippen LogP contribution in [-0.4, -0.2) is 49.1 Å². The summed E-state index contributed by atoms with van der Waals surface area (Å²) in [5, 5.41) is 3.41. The first kappa shape index (κ1) is 18.1. The summed E-state index contributed by atoms with van der Waals surface area (Å²) in [6, 6.07) is 3.78. The lowest BCUT2D eigenvalue weighted by Crippen LogP contribution is -2.41. The number of ether oxygens (including phenoxy) is 1. The Labute approximate surface area is 150 Å². The molecular weight excluding hydrogens is 316 g/mol. The van der Waals surface area contributed by atoms with E-state index in [0.717, 1.165) is 56.7 Å². The molecule has 3 heterocycles. The van der Waals surface area contributed by atoms with Crippen molar-refractivity contribution in [1.29, 1.82) is 0 Å². The van der Waals surface area contributed by atoms with Crippen LogP contribution in [0.3, 0.4) is 0 Å². The predicted octanol–water partition coefficient (Wildman–Crippen LogP) is 1.82. The van der Waals surface area contributed by atoms with Gasteiger partial charge < -0.3 is 20.7 Å². The summed E-state index contributed by atoms with van der Waals surface area (Å²) < 4.78 is 5.28. The third-order valence-electron chi connectivity index (χ3n) is 5.53. The van der Waals surface area contributed by atoms with E-state index in [9.17, 15) is 4.79 Å². The molecule has 2 aliphatic heterocycles. The number of hydrogen-bond donors (Lipinski definition) is 2. The fourth-order valence-corrected chi connectivity index (χ4v) is 4.00. The highest BCUT2D eigenvalue weighted by atomic mass is 16.5. The molecule has 2 saturated heterocycles. The molecule has 0 radical (unpaired) electrons. The van der Waals surface area contributed by atoms with E-state index in [-0.39, 0.29) is 23.8 Å². The standard InChI is InChI=1S/C19H30N4O2/c1-3-16(20)18-13(7-8-17(22-18)25-2)14-11-21-12-15(14)19(24)23-9-5-4-6-10-23/h7-8,14-16,21H,3-6,9-12,20H2,1-2H3/t14-,15?,16?/m0/s1. The van der Waals surface area contributed by atoms with E-state index in [1.165, 1.54) is 6.42 Å². The van der Waals surface area contributed by atoms with Crippen LogP contribution in [-0.2, 0) is 4.79 Å². The molecule has 2 fully saturated rings. The first-order valence-corrected chi connectivity index (χ1v) is 9.45. The summed E-state index contributed by atoms with van der Waals surface area (Å²) in [6.07, 6.45) is 4.27. The van der Waals surface area contributed by atoms with Crippen LogP contribution in [0.25, 0.3) is 0 Å². The largest absolute Gasteiger partial charge is 0.481 e. The molecule has 6 heteroatoms. The summed E-state index contributed by atoms with van der Waals surface area (Å²) in [5.74, 6) is 0.950. The molecule has 6 nitrogen and oxygen atoms in total. The molecule has 1 amide bonds. The normalized spacial score (nSPS) is 25.0. The zero-order valence-electron chi connectivity index (χ0n) is 15.3. The number of likely N-dealkylation sites (tertiary alicyclic amines) is 1. The molecule has 3 atom stereocenters. The number of amides is 1. The zero-order valence-corrected chi connectivity index (χ0v) is 15.3. The van der Waals surface area contributed by atoms with E-state index in [0.29, 0.717) is 5.88 Å². The van der Waals surface area contributed by atoms with Gasteiger partial charge in [-0.1, -0.05) is 13.0 Å². The van der Waals surface area contributed by atoms with E-state index in [2.05, 4.69) is 17.2 Å². The molecule has 1 aromatic rings. The Morgan fingerprint density at radius 3 is 2.80 bits per heavy atom. The summed E-state index contributed by atoms with van der Waals surface area (Å²) in [5.41, 5.74) is 8.28. The van der Waals surface area contributed by atoms with E-state index in [1.807, 2.05) is 17.0 Å². The van der Waals surface area contributed by atoms with E-state index < -0.39 is 0 Å². The molecular formula is C19H30N4O2. The maximum atomic E-state index is 13.1. The number of nitrogens with zero attached hydrogens (tertiary/aromatic N) is 2. The van der Waals surface area contributed by atoms with Gasteiger partial charge in [-0.2, -0.15) is 0 Å². The van der Waals surface area contributed by atoms with E-state index in [4.69, 9.17) is 10.5 Å². The van der Waals surface area contributed by atoms with Crippen molar-refractivity contribution in [2.24, 2.45) is 11.7 Å². The number of carbonyl (C=O) groups is 1. The second kappa shape index (κ2) is 8.15. The predicted molar refractivity (Wildman–Crippen MR) is 97.5 cm³/mol. The summed E-state index contributed by atoms with van der Waals surface area (Å²) in [7, 11) is 1.61. The van der Waals surface area contributed by atoms with Crippen molar-refractivity contribution in [3.05, 3.63) is 23.4 Å². The molecule has 25 heavy (non-hydrogen) atoms. The number of hydrogen-bond acceptors (Lipinski definition) is 5. The summed E-state index contributed by atoms with van der Waals surface area (Å²) in [6.45, 7) is 5.36. The first-order valence-electron chi connectivity index (χ1n) is 9.45. The molecule has 0 saturated carbocycles. The molecule has 2 aliphatic rings. The van der Waals surface area contributed by atoms with Crippen molar-refractivity contribution in [2.75, 3.05) is 33.3 Å². The minimum absolute atomic E-state index is 0.0314. The van der Waals surface area contributed by atoms with E-state index >= 15 is 0 Å². The Bertz CT molecular complexity index is 601. The number of carbonyl (C=O) groups excluding carboxylic acids is 1. The molecule has 0 aliphatic carbocycles. The molecule has 0 spiro atoms. The minimum Gasteiger partial charge on any atom is -0.481 e. The van der Waals surface area contributed by atoms with Crippen LogP contribution in [0.1, 0.15) is 55.8 Å². The zero-order chi connectivity index (χ0) is 17.8. The topological polar surface area (TPSA) is 80.5 Å². The number of nitrogens with one attached hydrogen (secondary N) is 1. The van der Waals surface area contributed by atoms with Gasteiger partial charge in [0.15, 0.2) is 0 Å². The van der Waals surface area contributed by atoms with Gasteiger partial charge >= 0.3 is 0 Å². The third-order valence-corrected chi connectivity index (χ3v) is 5.53. The van der Waals surface area contributed by atoms with Crippen LogP contribution in [0, 0.1) is 5.92 Å². The van der Waals surface area contributed by atoms with Crippen LogP contribution in [0.2, 0.25) is 0 Å². The summed E-state index contributed by atoms with van der Waals surface area (Å²) in [4.78, 5) is 19.7. The smallest absolute Gasteiger partial charge is 0.227 e. The molecule has 2 unspecified atom stereocenters. The number of piperidine rings is 1. The van der Waals surface area contributed by atoms with Gasteiger partial charge in [-0.3, -0.25) is 4.79 Å². The van der Waals surface area contributed by atoms with Gasteiger partial charge in [0.25, 0.3) is 0 Å². The lowest BCUT2D eigenvalue weighted by molar-refractivity contribution is -0.136. The molecule has 3 N–H and O–H groups in total. The highest BCUT2D eigenvalue weighted by molar-refractivity contribution is 5.81. The van der Waals surface area contributed by atoms with Crippen LogP contribution >= 0.6 is 0 Å². The van der Waals surface area contributed by atoms with E-state index in [1.54, 1.807) is 7.11 Å². The molecule has 1 aromatic heterocycles. The Balaban J connectivity index is 1.87. The number of rotatable bonds is 5. The molecule has 0 aromatic carbocycles. The summed E-state index contributed by atoms with van der Waals surface area (Å²) >= 11 is 0. The second-order valence-electron chi connectivity index (χ2n) is 7.10. The van der Waals surface area contributed by atoms with Crippen molar-refractivity contribution in [1.82, 2.24) is 15.2 Å². The lowest BCUT2D eigenvalue weighted by Gasteiger charge is -2.31. The van der Waals surface area contributed by atoms with Crippen molar-refractivity contribution < 1.29 is 9.53 Å². The van der Waals surface area contributed by atoms with Gasteiger partial charge in [-0.25, -0.2) is 4.98 Å².